The SMILES string of the molecule is O=C(O)CNc1cc(O)cc(O)c1. The minimum absolute atomic E-state index is 0.118. The van der Waals surface area contributed by atoms with Crippen LogP contribution in [-0.2, 0) is 4.79 Å². The first-order chi connectivity index (χ1) is 6.08. The third kappa shape index (κ3) is 2.90. The second-order valence-corrected chi connectivity index (χ2v) is 2.49. The molecule has 4 N–H and O–H groups in total. The van der Waals surface area contributed by atoms with E-state index in [0.717, 1.165) is 6.07 Å². The zero-order valence-electron chi connectivity index (χ0n) is 6.69. The summed E-state index contributed by atoms with van der Waals surface area (Å²) >= 11 is 0. The van der Waals surface area contributed by atoms with E-state index in [1.165, 1.54) is 12.1 Å². The maximum Gasteiger partial charge on any atom is 0.322 e. The maximum atomic E-state index is 10.2. The van der Waals surface area contributed by atoms with Crippen LogP contribution in [0.1, 0.15) is 0 Å². The fourth-order valence-electron chi connectivity index (χ4n) is 0.875. The Labute approximate surface area is 74.3 Å². The number of nitrogens with one attached hydrogen (secondary N) is 1. The quantitative estimate of drug-likeness (QED) is 0.550. The van der Waals surface area contributed by atoms with Crippen molar-refractivity contribution in [3.05, 3.63) is 18.2 Å². The lowest BCUT2D eigenvalue weighted by molar-refractivity contribution is -0.134. The molecular formula is C8H9NO4. The van der Waals surface area contributed by atoms with Gasteiger partial charge in [-0.05, 0) is 0 Å². The molecular weight excluding hydrogens is 174 g/mol. The molecule has 0 fully saturated rings. The molecule has 0 atom stereocenters. The topological polar surface area (TPSA) is 89.8 Å². The predicted molar refractivity (Wildman–Crippen MR) is 45.9 cm³/mol. The summed E-state index contributed by atoms with van der Waals surface area (Å²) in [4.78, 5) is 10.2. The average molecular weight is 183 g/mol. The van der Waals surface area contributed by atoms with Gasteiger partial charge in [-0.2, -0.15) is 0 Å². The average Bonchev–Trinajstić information content (AvgIpc) is 1.99. The standard InChI is InChI=1S/C8H9NO4/c10-6-1-5(2-7(11)3-6)9-4-8(12)13/h1-3,9-11H,4H2,(H,12,13). The van der Waals surface area contributed by atoms with E-state index < -0.39 is 5.97 Å². The van der Waals surface area contributed by atoms with Gasteiger partial charge in [0.05, 0.1) is 0 Å². The molecule has 0 unspecified atom stereocenters. The number of rotatable bonds is 3. The molecule has 1 aromatic carbocycles. The van der Waals surface area contributed by atoms with Crippen molar-refractivity contribution in [3.63, 3.8) is 0 Å². The van der Waals surface area contributed by atoms with E-state index in [2.05, 4.69) is 5.32 Å². The van der Waals surface area contributed by atoms with Crippen LogP contribution in [0.25, 0.3) is 0 Å². The minimum atomic E-state index is -1.01. The third-order valence-corrected chi connectivity index (χ3v) is 1.35. The van der Waals surface area contributed by atoms with Gasteiger partial charge in [-0.3, -0.25) is 4.79 Å². The van der Waals surface area contributed by atoms with Crippen LogP contribution < -0.4 is 5.32 Å². The first kappa shape index (κ1) is 9.18. The molecule has 0 saturated carbocycles. The van der Waals surface area contributed by atoms with Gasteiger partial charge in [0.2, 0.25) is 0 Å². The number of anilines is 1. The molecule has 1 rings (SSSR count). The maximum absolute atomic E-state index is 10.2. The molecule has 1 aromatic rings. The molecule has 0 saturated heterocycles. The van der Waals surface area contributed by atoms with E-state index >= 15 is 0 Å². The normalized spacial score (nSPS) is 9.54. The summed E-state index contributed by atoms with van der Waals surface area (Å²) in [5, 5.41) is 28.9. The highest BCUT2D eigenvalue weighted by Gasteiger charge is 2.00. The molecule has 0 aromatic heterocycles. The van der Waals surface area contributed by atoms with Gasteiger partial charge < -0.3 is 20.6 Å². The summed E-state index contributed by atoms with van der Waals surface area (Å²) in [6, 6.07) is 3.80. The molecule has 5 heteroatoms. The fourth-order valence-corrected chi connectivity index (χ4v) is 0.875. The minimum Gasteiger partial charge on any atom is -0.508 e. The van der Waals surface area contributed by atoms with Crippen LogP contribution in [0.5, 0.6) is 11.5 Å². The van der Waals surface area contributed by atoms with Crippen molar-refractivity contribution in [3.8, 4) is 11.5 Å². The van der Waals surface area contributed by atoms with E-state index in [1.807, 2.05) is 0 Å². The Balaban J connectivity index is 2.71. The number of phenolic OH excluding ortho intramolecular Hbond substituents is 2. The molecule has 5 nitrogen and oxygen atoms in total. The van der Waals surface area contributed by atoms with Crippen molar-refractivity contribution >= 4 is 11.7 Å². The molecule has 0 spiro atoms. The van der Waals surface area contributed by atoms with Gasteiger partial charge in [-0.1, -0.05) is 0 Å². The molecule has 13 heavy (non-hydrogen) atoms. The first-order valence-corrected chi connectivity index (χ1v) is 3.56. The number of hydrogen-bond acceptors (Lipinski definition) is 4. The van der Waals surface area contributed by atoms with E-state index in [1.54, 1.807) is 0 Å². The van der Waals surface area contributed by atoms with E-state index in [9.17, 15) is 4.79 Å². The fraction of sp³-hybridized carbons (Fsp3) is 0.125. The van der Waals surface area contributed by atoms with Crippen LogP contribution in [0.2, 0.25) is 0 Å². The number of phenols is 2. The molecule has 0 amide bonds. The van der Waals surface area contributed by atoms with Crippen LogP contribution in [0, 0.1) is 0 Å². The summed E-state index contributed by atoms with van der Waals surface area (Å²) in [5.74, 6) is -1.25. The van der Waals surface area contributed by atoms with Gasteiger partial charge in [0.15, 0.2) is 0 Å². The third-order valence-electron chi connectivity index (χ3n) is 1.35. The van der Waals surface area contributed by atoms with Crippen molar-refractivity contribution in [2.45, 2.75) is 0 Å². The highest BCUT2D eigenvalue weighted by Crippen LogP contribution is 2.23. The van der Waals surface area contributed by atoms with Gasteiger partial charge in [0.25, 0.3) is 0 Å². The Morgan fingerprint density at radius 2 is 1.77 bits per heavy atom. The molecule has 0 aliphatic carbocycles. The van der Waals surface area contributed by atoms with Crippen molar-refractivity contribution in [1.29, 1.82) is 0 Å². The summed E-state index contributed by atoms with van der Waals surface area (Å²) in [5.41, 5.74) is 0.361. The Morgan fingerprint density at radius 1 is 1.23 bits per heavy atom. The summed E-state index contributed by atoms with van der Waals surface area (Å²) in [6.45, 7) is -0.261. The van der Waals surface area contributed by atoms with E-state index in [-0.39, 0.29) is 18.0 Å². The number of aromatic hydroxyl groups is 2. The van der Waals surface area contributed by atoms with Crippen molar-refractivity contribution in [2.75, 3.05) is 11.9 Å². The van der Waals surface area contributed by atoms with Crippen molar-refractivity contribution in [2.24, 2.45) is 0 Å². The van der Waals surface area contributed by atoms with Crippen LogP contribution in [-0.4, -0.2) is 27.8 Å². The Bertz CT molecular complexity index is 304. The van der Waals surface area contributed by atoms with Gasteiger partial charge in [-0.15, -0.1) is 0 Å². The monoisotopic (exact) mass is 183 g/mol. The Morgan fingerprint density at radius 3 is 2.23 bits per heavy atom. The zero-order valence-corrected chi connectivity index (χ0v) is 6.69. The summed E-state index contributed by atoms with van der Waals surface area (Å²) in [7, 11) is 0. The van der Waals surface area contributed by atoms with Gasteiger partial charge in [0, 0.05) is 23.9 Å². The summed E-state index contributed by atoms with van der Waals surface area (Å²) < 4.78 is 0. The number of carboxylic acid groups (broad SMARTS) is 1. The number of hydrogen-bond donors (Lipinski definition) is 4. The lowest BCUT2D eigenvalue weighted by atomic mass is 10.3. The van der Waals surface area contributed by atoms with E-state index in [0.29, 0.717) is 5.69 Å². The number of carbonyl (C=O) groups is 1. The summed E-state index contributed by atoms with van der Waals surface area (Å²) in [6.07, 6.45) is 0. The smallest absolute Gasteiger partial charge is 0.322 e. The van der Waals surface area contributed by atoms with Crippen molar-refractivity contribution < 1.29 is 20.1 Å². The van der Waals surface area contributed by atoms with Crippen LogP contribution in [0.15, 0.2) is 18.2 Å². The number of benzene rings is 1. The van der Waals surface area contributed by atoms with Gasteiger partial charge in [-0.25, -0.2) is 0 Å². The van der Waals surface area contributed by atoms with Crippen LogP contribution >= 0.6 is 0 Å². The highest BCUT2D eigenvalue weighted by molar-refractivity contribution is 5.73. The van der Waals surface area contributed by atoms with Gasteiger partial charge in [0.1, 0.15) is 18.0 Å². The van der Waals surface area contributed by atoms with Crippen LogP contribution in [0.4, 0.5) is 5.69 Å². The molecule has 0 bridgehead atoms. The van der Waals surface area contributed by atoms with Crippen molar-refractivity contribution in [1.82, 2.24) is 0 Å². The van der Waals surface area contributed by atoms with Gasteiger partial charge >= 0.3 is 5.97 Å². The van der Waals surface area contributed by atoms with E-state index in [4.69, 9.17) is 15.3 Å². The highest BCUT2D eigenvalue weighted by atomic mass is 16.4. The molecule has 0 heterocycles. The number of aliphatic carboxylic acids is 1. The molecule has 0 aliphatic heterocycles. The second kappa shape index (κ2) is 3.66. The Hall–Kier alpha value is -1.91. The Kier molecular flexibility index (Phi) is 2.59. The molecule has 70 valence electrons. The predicted octanol–water partition coefficient (Wildman–Crippen LogP) is 0.594. The molecule has 0 radical (unpaired) electrons. The lowest BCUT2D eigenvalue weighted by Gasteiger charge is -2.04. The van der Waals surface area contributed by atoms with Crippen LogP contribution in [0.3, 0.4) is 0 Å². The first-order valence-electron chi connectivity index (χ1n) is 3.56. The zero-order chi connectivity index (χ0) is 9.84. The second-order valence-electron chi connectivity index (χ2n) is 2.49. The molecule has 0 aliphatic rings. The number of carboxylic acids is 1. The lowest BCUT2D eigenvalue weighted by Crippen LogP contribution is -2.11. The largest absolute Gasteiger partial charge is 0.508 e.